The summed E-state index contributed by atoms with van der Waals surface area (Å²) in [6, 6.07) is 13.3. The second-order valence-electron chi connectivity index (χ2n) is 5.95. The smallest absolute Gasteiger partial charge is 0.126 e. The highest BCUT2D eigenvalue weighted by atomic mass is 16.5. The maximum Gasteiger partial charge on any atom is 0.126 e. The highest BCUT2D eigenvalue weighted by Gasteiger charge is 2.16. The van der Waals surface area contributed by atoms with Gasteiger partial charge in [0.25, 0.3) is 0 Å². The minimum atomic E-state index is 0.601. The number of nitrogens with one attached hydrogen (secondary N) is 1. The molecule has 1 fully saturated rings. The van der Waals surface area contributed by atoms with Crippen molar-refractivity contribution in [1.29, 1.82) is 0 Å². The van der Waals surface area contributed by atoms with Crippen LogP contribution in [0.3, 0.4) is 0 Å². The van der Waals surface area contributed by atoms with E-state index in [4.69, 9.17) is 4.74 Å². The molecule has 1 aliphatic heterocycles. The van der Waals surface area contributed by atoms with Crippen molar-refractivity contribution in [3.63, 3.8) is 0 Å². The second-order valence-corrected chi connectivity index (χ2v) is 5.95. The molecule has 112 valence electrons. The van der Waals surface area contributed by atoms with Crippen LogP contribution in [0.15, 0.2) is 36.4 Å². The molecule has 1 N–H and O–H groups in total. The highest BCUT2D eigenvalue weighted by molar-refractivity contribution is 5.91. The zero-order valence-electron chi connectivity index (χ0n) is 12.9. The van der Waals surface area contributed by atoms with Gasteiger partial charge in [-0.25, -0.2) is 0 Å². The van der Waals surface area contributed by atoms with Gasteiger partial charge in [0.1, 0.15) is 5.75 Å². The predicted octanol–water partition coefficient (Wildman–Crippen LogP) is 3.03. The monoisotopic (exact) mass is 284 g/mol. The first-order chi connectivity index (χ1) is 10.3. The zero-order valence-corrected chi connectivity index (χ0v) is 12.9. The number of hydrogen-bond donors (Lipinski definition) is 1. The summed E-state index contributed by atoms with van der Waals surface area (Å²) in [7, 11) is 3.94. The van der Waals surface area contributed by atoms with Crippen LogP contribution in [-0.2, 0) is 6.54 Å². The molecule has 0 radical (unpaired) electrons. The van der Waals surface area contributed by atoms with E-state index < -0.39 is 0 Å². The molecule has 0 aliphatic carbocycles. The normalized spacial score (nSPS) is 19.8. The largest absolute Gasteiger partial charge is 0.496 e. The van der Waals surface area contributed by atoms with Crippen LogP contribution in [-0.4, -0.2) is 38.2 Å². The van der Waals surface area contributed by atoms with Crippen molar-refractivity contribution in [2.75, 3.05) is 27.2 Å². The molecule has 3 heteroatoms. The van der Waals surface area contributed by atoms with E-state index in [0.29, 0.717) is 6.04 Å². The average Bonchev–Trinajstić information content (AvgIpc) is 2.52. The number of fused-ring (bicyclic) bond motifs is 1. The summed E-state index contributed by atoms with van der Waals surface area (Å²) in [5.74, 6) is 0.951. The average molecular weight is 284 g/mol. The van der Waals surface area contributed by atoms with Gasteiger partial charge in [-0.2, -0.15) is 0 Å². The molecule has 2 aromatic carbocycles. The Morgan fingerprint density at radius 1 is 1.19 bits per heavy atom. The highest BCUT2D eigenvalue weighted by Crippen LogP contribution is 2.28. The van der Waals surface area contributed by atoms with Crippen LogP contribution in [0, 0.1) is 0 Å². The number of piperidine rings is 1. The Bertz CT molecular complexity index is 611. The first-order valence-corrected chi connectivity index (χ1v) is 7.74. The van der Waals surface area contributed by atoms with Crippen LogP contribution >= 0.6 is 0 Å². The Kier molecular flexibility index (Phi) is 4.42. The van der Waals surface area contributed by atoms with Gasteiger partial charge in [0.05, 0.1) is 7.11 Å². The van der Waals surface area contributed by atoms with Gasteiger partial charge < -0.3 is 15.0 Å². The molecule has 0 bridgehead atoms. The zero-order chi connectivity index (χ0) is 14.7. The molecule has 1 unspecified atom stereocenters. The molecular formula is C18H24N2O. The lowest BCUT2D eigenvalue weighted by molar-refractivity contribution is 0.226. The van der Waals surface area contributed by atoms with Gasteiger partial charge in [-0.3, -0.25) is 0 Å². The van der Waals surface area contributed by atoms with Crippen LogP contribution in [0.5, 0.6) is 5.75 Å². The van der Waals surface area contributed by atoms with E-state index in [1.54, 1.807) is 7.11 Å². The van der Waals surface area contributed by atoms with Crippen molar-refractivity contribution in [3.05, 3.63) is 42.0 Å². The van der Waals surface area contributed by atoms with Crippen LogP contribution < -0.4 is 10.1 Å². The van der Waals surface area contributed by atoms with E-state index in [2.05, 4.69) is 53.7 Å². The van der Waals surface area contributed by atoms with Crippen molar-refractivity contribution in [1.82, 2.24) is 10.2 Å². The van der Waals surface area contributed by atoms with Gasteiger partial charge in [-0.05, 0) is 43.5 Å². The van der Waals surface area contributed by atoms with Crippen molar-refractivity contribution in [2.45, 2.75) is 25.4 Å². The molecule has 0 amide bonds. The van der Waals surface area contributed by atoms with E-state index >= 15 is 0 Å². The van der Waals surface area contributed by atoms with Crippen molar-refractivity contribution in [2.24, 2.45) is 0 Å². The minimum Gasteiger partial charge on any atom is -0.496 e. The Morgan fingerprint density at radius 3 is 2.76 bits per heavy atom. The number of methoxy groups -OCH3 is 1. The van der Waals surface area contributed by atoms with Crippen molar-refractivity contribution >= 4 is 10.8 Å². The summed E-state index contributed by atoms with van der Waals surface area (Å²) in [5, 5.41) is 6.20. The summed E-state index contributed by atoms with van der Waals surface area (Å²) >= 11 is 0. The van der Waals surface area contributed by atoms with E-state index in [9.17, 15) is 0 Å². The fourth-order valence-electron chi connectivity index (χ4n) is 3.25. The number of ether oxygens (including phenoxy) is 1. The Labute approximate surface area is 126 Å². The molecule has 1 heterocycles. The lowest BCUT2D eigenvalue weighted by atomic mass is 10.0. The summed E-state index contributed by atoms with van der Waals surface area (Å²) in [5.41, 5.74) is 1.35. The Morgan fingerprint density at radius 2 is 2.00 bits per heavy atom. The SMILES string of the molecule is COc1ccc(CNC2CCCN(C)C2)c2ccccc12. The molecule has 1 atom stereocenters. The second kappa shape index (κ2) is 6.46. The van der Waals surface area contributed by atoms with Crippen LogP contribution in [0.2, 0.25) is 0 Å². The maximum atomic E-state index is 5.46. The van der Waals surface area contributed by atoms with Crippen molar-refractivity contribution < 1.29 is 4.74 Å². The van der Waals surface area contributed by atoms with Gasteiger partial charge in [0, 0.05) is 24.5 Å². The molecule has 0 aromatic heterocycles. The molecule has 1 saturated heterocycles. The topological polar surface area (TPSA) is 24.5 Å². The number of benzene rings is 2. The summed E-state index contributed by atoms with van der Waals surface area (Å²) < 4.78 is 5.46. The lowest BCUT2D eigenvalue weighted by Gasteiger charge is -2.30. The first kappa shape index (κ1) is 14.4. The quantitative estimate of drug-likeness (QED) is 0.934. The third kappa shape index (κ3) is 3.20. The van der Waals surface area contributed by atoms with Crippen LogP contribution in [0.25, 0.3) is 10.8 Å². The molecule has 0 spiro atoms. The van der Waals surface area contributed by atoms with Gasteiger partial charge >= 0.3 is 0 Å². The predicted molar refractivity (Wildman–Crippen MR) is 87.9 cm³/mol. The standard InChI is InChI=1S/C18H24N2O/c1-20-11-5-6-15(13-20)19-12-14-9-10-18(21-2)17-8-4-3-7-16(14)17/h3-4,7-10,15,19H,5-6,11-13H2,1-2H3. The maximum absolute atomic E-state index is 5.46. The van der Waals surface area contributed by atoms with Gasteiger partial charge in [0.15, 0.2) is 0 Å². The molecule has 3 rings (SSSR count). The lowest BCUT2D eigenvalue weighted by Crippen LogP contribution is -2.43. The van der Waals surface area contributed by atoms with Gasteiger partial charge in [-0.15, -0.1) is 0 Å². The summed E-state index contributed by atoms with van der Waals surface area (Å²) in [6.07, 6.45) is 2.57. The fraction of sp³-hybridized carbons (Fsp3) is 0.444. The molecule has 3 nitrogen and oxygen atoms in total. The number of hydrogen-bond acceptors (Lipinski definition) is 3. The third-order valence-corrected chi connectivity index (χ3v) is 4.40. The van der Waals surface area contributed by atoms with Crippen LogP contribution in [0.1, 0.15) is 18.4 Å². The van der Waals surface area contributed by atoms with E-state index in [1.165, 1.54) is 35.7 Å². The number of nitrogens with zero attached hydrogens (tertiary/aromatic N) is 1. The van der Waals surface area contributed by atoms with Crippen molar-refractivity contribution in [3.8, 4) is 5.75 Å². The summed E-state index contributed by atoms with van der Waals surface area (Å²) in [4.78, 5) is 2.41. The van der Waals surface area contributed by atoms with Gasteiger partial charge in [0.2, 0.25) is 0 Å². The van der Waals surface area contributed by atoms with E-state index in [-0.39, 0.29) is 0 Å². The fourth-order valence-corrected chi connectivity index (χ4v) is 3.25. The molecule has 2 aromatic rings. The Hall–Kier alpha value is -1.58. The first-order valence-electron chi connectivity index (χ1n) is 7.74. The number of likely N-dealkylation sites (tertiary alicyclic amines) is 1. The third-order valence-electron chi connectivity index (χ3n) is 4.40. The molecule has 1 aliphatic rings. The number of likely N-dealkylation sites (N-methyl/N-ethyl adjacent to an activating group) is 1. The molecule has 21 heavy (non-hydrogen) atoms. The van der Waals surface area contributed by atoms with Crippen LogP contribution in [0.4, 0.5) is 0 Å². The van der Waals surface area contributed by atoms with E-state index in [1.807, 2.05) is 0 Å². The van der Waals surface area contributed by atoms with E-state index in [0.717, 1.165) is 18.8 Å². The molecule has 0 saturated carbocycles. The Balaban J connectivity index is 1.78. The van der Waals surface area contributed by atoms with Gasteiger partial charge in [-0.1, -0.05) is 30.3 Å². The number of rotatable bonds is 4. The minimum absolute atomic E-state index is 0.601. The molecular weight excluding hydrogens is 260 g/mol. The summed E-state index contributed by atoms with van der Waals surface area (Å²) in [6.45, 7) is 3.29.